The van der Waals surface area contributed by atoms with Crippen LogP contribution in [0, 0.1) is 0 Å². The highest BCUT2D eigenvalue weighted by Gasteiger charge is 2.32. The summed E-state index contributed by atoms with van der Waals surface area (Å²) in [5.41, 5.74) is -1.09. The first-order valence-electron chi connectivity index (χ1n) is 4.62. The molecule has 0 amide bonds. The van der Waals surface area contributed by atoms with Gasteiger partial charge in [0.1, 0.15) is 6.10 Å². The Morgan fingerprint density at radius 1 is 1.17 bits per heavy atom. The molecule has 0 unspecified atom stereocenters. The van der Waals surface area contributed by atoms with Gasteiger partial charge in [0.25, 0.3) is 0 Å². The number of rotatable bonds is 6. The number of aliphatic hydroxyl groups is 3. The molecular formula is C9H20O3. The lowest BCUT2D eigenvalue weighted by Gasteiger charge is -2.31. The third kappa shape index (κ3) is 3.09. The van der Waals surface area contributed by atoms with Crippen molar-refractivity contribution in [3.8, 4) is 0 Å². The Morgan fingerprint density at radius 2 is 1.58 bits per heavy atom. The molecule has 0 radical (unpaired) electrons. The monoisotopic (exact) mass is 176 g/mol. The van der Waals surface area contributed by atoms with Crippen molar-refractivity contribution in [3.05, 3.63) is 0 Å². The van der Waals surface area contributed by atoms with E-state index < -0.39 is 11.7 Å². The van der Waals surface area contributed by atoms with Crippen LogP contribution in [0.25, 0.3) is 0 Å². The predicted molar refractivity (Wildman–Crippen MR) is 47.9 cm³/mol. The van der Waals surface area contributed by atoms with E-state index in [0.717, 1.165) is 12.8 Å². The van der Waals surface area contributed by atoms with E-state index in [-0.39, 0.29) is 6.61 Å². The molecule has 0 saturated heterocycles. The highest BCUT2D eigenvalue weighted by atomic mass is 16.4. The molecule has 0 fully saturated rings. The third-order valence-electron chi connectivity index (χ3n) is 2.16. The van der Waals surface area contributed by atoms with E-state index in [1.54, 1.807) is 0 Å². The summed E-state index contributed by atoms with van der Waals surface area (Å²) in [6.07, 6.45) is 1.71. The number of aliphatic hydroxyl groups excluding tert-OH is 2. The fourth-order valence-corrected chi connectivity index (χ4v) is 1.49. The van der Waals surface area contributed by atoms with Gasteiger partial charge in [0.2, 0.25) is 0 Å². The van der Waals surface area contributed by atoms with Crippen molar-refractivity contribution >= 4 is 0 Å². The van der Waals surface area contributed by atoms with E-state index in [1.165, 1.54) is 0 Å². The van der Waals surface area contributed by atoms with Crippen molar-refractivity contribution in [1.82, 2.24) is 0 Å². The van der Waals surface area contributed by atoms with Gasteiger partial charge in [-0.25, -0.2) is 0 Å². The molecule has 3 nitrogen and oxygen atoms in total. The van der Waals surface area contributed by atoms with Crippen LogP contribution in [0.2, 0.25) is 0 Å². The fraction of sp³-hybridized carbons (Fsp3) is 1.00. The average Bonchev–Trinajstić information content (AvgIpc) is 2.04. The van der Waals surface area contributed by atoms with Gasteiger partial charge in [0.15, 0.2) is 0 Å². The lowest BCUT2D eigenvalue weighted by molar-refractivity contribution is -0.104. The highest BCUT2D eigenvalue weighted by molar-refractivity contribution is 4.85. The van der Waals surface area contributed by atoms with E-state index in [0.29, 0.717) is 12.8 Å². The van der Waals surface area contributed by atoms with Crippen LogP contribution in [0.1, 0.15) is 39.5 Å². The van der Waals surface area contributed by atoms with Gasteiger partial charge in [-0.05, 0) is 12.8 Å². The van der Waals surface area contributed by atoms with Gasteiger partial charge >= 0.3 is 0 Å². The minimum Gasteiger partial charge on any atom is -0.394 e. The lowest BCUT2D eigenvalue weighted by atomic mass is 9.87. The molecule has 0 saturated carbocycles. The molecule has 0 rings (SSSR count). The molecule has 0 heterocycles. The summed E-state index contributed by atoms with van der Waals surface area (Å²) in [5, 5.41) is 27.9. The maximum atomic E-state index is 9.87. The van der Waals surface area contributed by atoms with Crippen molar-refractivity contribution in [3.63, 3.8) is 0 Å². The molecule has 0 aliphatic rings. The molecule has 0 aromatic rings. The van der Waals surface area contributed by atoms with Gasteiger partial charge in [-0.15, -0.1) is 0 Å². The van der Waals surface area contributed by atoms with E-state index in [4.69, 9.17) is 5.11 Å². The van der Waals surface area contributed by atoms with Gasteiger partial charge in [-0.1, -0.05) is 26.7 Å². The predicted octanol–water partition coefficient (Wildman–Crippen LogP) is 0.671. The van der Waals surface area contributed by atoms with Gasteiger partial charge in [-0.2, -0.15) is 0 Å². The van der Waals surface area contributed by atoms with E-state index in [9.17, 15) is 10.2 Å². The van der Waals surface area contributed by atoms with Crippen molar-refractivity contribution in [2.24, 2.45) is 0 Å². The maximum Gasteiger partial charge on any atom is 0.106 e. The summed E-state index contributed by atoms with van der Waals surface area (Å²) in [4.78, 5) is 0. The normalized spacial score (nSPS) is 14.8. The second-order valence-electron chi connectivity index (χ2n) is 3.30. The van der Waals surface area contributed by atoms with Gasteiger partial charge < -0.3 is 15.3 Å². The molecular weight excluding hydrogens is 156 g/mol. The van der Waals surface area contributed by atoms with Crippen LogP contribution in [-0.4, -0.2) is 33.6 Å². The van der Waals surface area contributed by atoms with Crippen molar-refractivity contribution in [1.29, 1.82) is 0 Å². The van der Waals surface area contributed by atoms with Crippen LogP contribution >= 0.6 is 0 Å². The topological polar surface area (TPSA) is 60.7 Å². The van der Waals surface area contributed by atoms with E-state index in [2.05, 4.69) is 0 Å². The third-order valence-corrected chi connectivity index (χ3v) is 2.16. The van der Waals surface area contributed by atoms with Gasteiger partial charge in [0, 0.05) is 0 Å². The summed E-state index contributed by atoms with van der Waals surface area (Å²) in [6.45, 7) is 3.53. The molecule has 0 aliphatic heterocycles. The SMILES string of the molecule is CCCC(O)(CCC)[C@H](O)CO. The quantitative estimate of drug-likeness (QED) is 0.557. The molecule has 0 bridgehead atoms. The Bertz CT molecular complexity index is 108. The van der Waals surface area contributed by atoms with Crippen LogP contribution < -0.4 is 0 Å². The van der Waals surface area contributed by atoms with E-state index in [1.807, 2.05) is 13.8 Å². The second kappa shape index (κ2) is 5.51. The minimum absolute atomic E-state index is 0.365. The van der Waals surface area contributed by atoms with Crippen molar-refractivity contribution in [2.75, 3.05) is 6.61 Å². The Balaban J connectivity index is 4.15. The van der Waals surface area contributed by atoms with Crippen LogP contribution in [0.5, 0.6) is 0 Å². The highest BCUT2D eigenvalue weighted by Crippen LogP contribution is 2.23. The molecule has 3 N–H and O–H groups in total. The zero-order chi connectivity index (χ0) is 9.61. The van der Waals surface area contributed by atoms with E-state index >= 15 is 0 Å². The first-order chi connectivity index (χ1) is 5.60. The number of hydrogen-bond acceptors (Lipinski definition) is 3. The second-order valence-corrected chi connectivity index (χ2v) is 3.30. The first kappa shape index (κ1) is 11.9. The Morgan fingerprint density at radius 3 is 1.83 bits per heavy atom. The summed E-state index contributed by atoms with van der Waals surface area (Å²) >= 11 is 0. The molecule has 12 heavy (non-hydrogen) atoms. The minimum atomic E-state index is -1.09. The summed E-state index contributed by atoms with van der Waals surface area (Å²) in [6, 6.07) is 0. The lowest BCUT2D eigenvalue weighted by Crippen LogP contribution is -2.44. The molecule has 1 atom stereocenters. The summed E-state index contributed by atoms with van der Waals surface area (Å²) in [7, 11) is 0. The molecule has 74 valence electrons. The zero-order valence-electron chi connectivity index (χ0n) is 7.95. The Kier molecular flexibility index (Phi) is 5.46. The largest absolute Gasteiger partial charge is 0.394 e. The van der Waals surface area contributed by atoms with Crippen LogP contribution in [0.4, 0.5) is 0 Å². The summed E-state index contributed by atoms with van der Waals surface area (Å²) < 4.78 is 0. The molecule has 0 aromatic heterocycles. The Hall–Kier alpha value is -0.120. The van der Waals surface area contributed by atoms with Crippen LogP contribution in [0.15, 0.2) is 0 Å². The Labute approximate surface area is 74.0 Å². The van der Waals surface area contributed by atoms with Gasteiger partial charge in [-0.3, -0.25) is 0 Å². The molecule has 0 aromatic carbocycles. The molecule has 0 spiro atoms. The van der Waals surface area contributed by atoms with Gasteiger partial charge in [0.05, 0.1) is 12.2 Å². The maximum absolute atomic E-state index is 9.87. The zero-order valence-corrected chi connectivity index (χ0v) is 7.95. The standard InChI is InChI=1S/C9H20O3/c1-3-5-9(12,6-4-2)8(11)7-10/h8,10-12H,3-7H2,1-2H3/t8-/m1/s1. The molecule has 3 heteroatoms. The average molecular weight is 176 g/mol. The first-order valence-corrected chi connectivity index (χ1v) is 4.62. The fourth-order valence-electron chi connectivity index (χ4n) is 1.49. The molecule has 0 aliphatic carbocycles. The number of hydrogen-bond donors (Lipinski definition) is 3. The van der Waals surface area contributed by atoms with Crippen molar-refractivity contribution in [2.45, 2.75) is 51.2 Å². The summed E-state index contributed by atoms with van der Waals surface area (Å²) in [5.74, 6) is 0. The van der Waals surface area contributed by atoms with Crippen LogP contribution in [0.3, 0.4) is 0 Å². The van der Waals surface area contributed by atoms with Crippen molar-refractivity contribution < 1.29 is 15.3 Å². The smallest absolute Gasteiger partial charge is 0.106 e. The van der Waals surface area contributed by atoms with Crippen LogP contribution in [-0.2, 0) is 0 Å².